The molecule has 0 spiro atoms. The molecule has 1 aliphatic heterocycles. The largest absolute Gasteiger partial charge is 0.355 e. The summed E-state index contributed by atoms with van der Waals surface area (Å²) in [4.78, 5) is 13.5. The third-order valence-electron chi connectivity index (χ3n) is 4.19. The fraction of sp³-hybridized carbons (Fsp3) is 0.588. The van der Waals surface area contributed by atoms with E-state index in [2.05, 4.69) is 15.5 Å². The molecule has 136 valence electrons. The van der Waals surface area contributed by atoms with Gasteiger partial charge in [0.05, 0.1) is 0 Å². The van der Waals surface area contributed by atoms with E-state index in [1.807, 2.05) is 12.1 Å². The summed E-state index contributed by atoms with van der Waals surface area (Å²) >= 11 is 12.3. The molecule has 1 amide bonds. The van der Waals surface area contributed by atoms with Crippen molar-refractivity contribution in [3.63, 3.8) is 0 Å². The summed E-state index contributed by atoms with van der Waals surface area (Å²) in [6, 6.07) is 5.65. The molecule has 2 N–H and O–H groups in total. The van der Waals surface area contributed by atoms with E-state index in [-0.39, 0.29) is 18.3 Å². The molecule has 0 bridgehead atoms. The first-order chi connectivity index (χ1) is 11.0. The van der Waals surface area contributed by atoms with Crippen molar-refractivity contribution in [2.75, 3.05) is 32.7 Å². The monoisotopic (exact) mass is 393 g/mol. The van der Waals surface area contributed by atoms with Gasteiger partial charge in [-0.1, -0.05) is 29.3 Å². The number of carbonyl (C=O) groups is 1. The number of hydrogen-bond donors (Lipinski definition) is 2. The number of piperidine rings is 1. The molecule has 1 aromatic rings. The van der Waals surface area contributed by atoms with Gasteiger partial charge in [-0.3, -0.25) is 9.69 Å². The SMILES string of the molecule is CC(=O)NCCN(Cc1ccc(Cl)cc1Cl)CC1CCNCC1.Cl. The van der Waals surface area contributed by atoms with Gasteiger partial charge in [-0.05, 0) is 49.5 Å². The Balaban J connectivity index is 0.00000288. The van der Waals surface area contributed by atoms with Crippen LogP contribution in [0, 0.1) is 5.92 Å². The fourth-order valence-electron chi connectivity index (χ4n) is 2.95. The molecule has 24 heavy (non-hydrogen) atoms. The van der Waals surface area contributed by atoms with E-state index < -0.39 is 0 Å². The van der Waals surface area contributed by atoms with Crippen LogP contribution in [0.3, 0.4) is 0 Å². The molecule has 1 heterocycles. The van der Waals surface area contributed by atoms with Crippen LogP contribution in [0.4, 0.5) is 0 Å². The molecule has 0 unspecified atom stereocenters. The number of amides is 1. The maximum absolute atomic E-state index is 11.1. The molecular formula is C17H26Cl3N3O. The second kappa shape index (κ2) is 11.2. The van der Waals surface area contributed by atoms with Crippen molar-refractivity contribution in [2.45, 2.75) is 26.3 Å². The van der Waals surface area contributed by atoms with E-state index in [0.717, 1.165) is 38.3 Å². The van der Waals surface area contributed by atoms with E-state index in [4.69, 9.17) is 23.2 Å². The minimum absolute atomic E-state index is 0. The second-order valence-corrected chi connectivity index (χ2v) is 6.99. The minimum atomic E-state index is 0. The average Bonchev–Trinajstić information content (AvgIpc) is 2.50. The van der Waals surface area contributed by atoms with Gasteiger partial charge in [-0.2, -0.15) is 0 Å². The van der Waals surface area contributed by atoms with Gasteiger partial charge in [0.15, 0.2) is 0 Å². The van der Waals surface area contributed by atoms with Crippen molar-refractivity contribution >= 4 is 41.5 Å². The predicted molar refractivity (Wildman–Crippen MR) is 103 cm³/mol. The molecule has 7 heteroatoms. The fourth-order valence-corrected chi connectivity index (χ4v) is 3.41. The summed E-state index contributed by atoms with van der Waals surface area (Å²) in [5, 5.41) is 7.63. The van der Waals surface area contributed by atoms with Crippen LogP contribution in [-0.2, 0) is 11.3 Å². The van der Waals surface area contributed by atoms with Crippen molar-refractivity contribution < 1.29 is 4.79 Å². The Morgan fingerprint density at radius 1 is 1.33 bits per heavy atom. The van der Waals surface area contributed by atoms with Crippen LogP contribution < -0.4 is 10.6 Å². The number of rotatable bonds is 7. The highest BCUT2D eigenvalue weighted by molar-refractivity contribution is 6.35. The van der Waals surface area contributed by atoms with Crippen molar-refractivity contribution in [3.05, 3.63) is 33.8 Å². The molecule has 1 saturated heterocycles. The van der Waals surface area contributed by atoms with Crippen LogP contribution in [0.25, 0.3) is 0 Å². The van der Waals surface area contributed by atoms with Gasteiger partial charge < -0.3 is 10.6 Å². The van der Waals surface area contributed by atoms with Crippen LogP contribution >= 0.6 is 35.6 Å². The Kier molecular flexibility index (Phi) is 10.0. The van der Waals surface area contributed by atoms with Crippen LogP contribution in [0.5, 0.6) is 0 Å². The average molecular weight is 395 g/mol. The zero-order chi connectivity index (χ0) is 16.7. The molecule has 0 atom stereocenters. The van der Waals surface area contributed by atoms with Crippen LogP contribution in [-0.4, -0.2) is 43.5 Å². The highest BCUT2D eigenvalue weighted by Gasteiger charge is 2.18. The predicted octanol–water partition coefficient (Wildman–Crippen LogP) is 3.35. The van der Waals surface area contributed by atoms with E-state index in [1.165, 1.54) is 12.8 Å². The van der Waals surface area contributed by atoms with Crippen molar-refractivity contribution in [1.82, 2.24) is 15.5 Å². The van der Waals surface area contributed by atoms with Crippen LogP contribution in [0.1, 0.15) is 25.3 Å². The summed E-state index contributed by atoms with van der Waals surface area (Å²) in [5.41, 5.74) is 1.08. The summed E-state index contributed by atoms with van der Waals surface area (Å²) in [7, 11) is 0. The van der Waals surface area contributed by atoms with Gasteiger partial charge in [0.25, 0.3) is 0 Å². The molecule has 0 saturated carbocycles. The molecule has 1 fully saturated rings. The van der Waals surface area contributed by atoms with Crippen molar-refractivity contribution in [1.29, 1.82) is 0 Å². The Hall–Kier alpha value is -0.520. The van der Waals surface area contributed by atoms with Gasteiger partial charge >= 0.3 is 0 Å². The lowest BCUT2D eigenvalue weighted by molar-refractivity contribution is -0.119. The topological polar surface area (TPSA) is 44.4 Å². The van der Waals surface area contributed by atoms with E-state index in [0.29, 0.717) is 22.5 Å². The van der Waals surface area contributed by atoms with E-state index in [1.54, 1.807) is 13.0 Å². The Morgan fingerprint density at radius 3 is 2.67 bits per heavy atom. The zero-order valence-electron chi connectivity index (χ0n) is 14.0. The number of nitrogens with one attached hydrogen (secondary N) is 2. The molecular weight excluding hydrogens is 369 g/mol. The van der Waals surface area contributed by atoms with E-state index in [9.17, 15) is 4.79 Å². The Morgan fingerprint density at radius 2 is 2.04 bits per heavy atom. The highest BCUT2D eigenvalue weighted by atomic mass is 35.5. The number of carbonyl (C=O) groups excluding carboxylic acids is 1. The summed E-state index contributed by atoms with van der Waals surface area (Å²) in [5.74, 6) is 0.705. The number of hydrogen-bond acceptors (Lipinski definition) is 3. The van der Waals surface area contributed by atoms with Crippen molar-refractivity contribution in [3.8, 4) is 0 Å². The van der Waals surface area contributed by atoms with E-state index >= 15 is 0 Å². The van der Waals surface area contributed by atoms with Gasteiger partial charge in [0.2, 0.25) is 5.91 Å². The Bertz CT molecular complexity index is 522. The molecule has 4 nitrogen and oxygen atoms in total. The molecule has 0 aliphatic carbocycles. The zero-order valence-corrected chi connectivity index (χ0v) is 16.3. The molecule has 2 rings (SSSR count). The lowest BCUT2D eigenvalue weighted by Gasteiger charge is -2.30. The quantitative estimate of drug-likeness (QED) is 0.745. The Labute approximate surface area is 160 Å². The molecule has 0 radical (unpaired) electrons. The first kappa shape index (κ1) is 21.5. The summed E-state index contributed by atoms with van der Waals surface area (Å²) < 4.78 is 0. The summed E-state index contributed by atoms with van der Waals surface area (Å²) in [6.45, 7) is 7.01. The first-order valence-electron chi connectivity index (χ1n) is 8.16. The summed E-state index contributed by atoms with van der Waals surface area (Å²) in [6.07, 6.45) is 2.40. The number of benzene rings is 1. The number of nitrogens with zero attached hydrogens (tertiary/aromatic N) is 1. The van der Waals surface area contributed by atoms with Crippen molar-refractivity contribution in [2.24, 2.45) is 5.92 Å². The third kappa shape index (κ3) is 7.58. The highest BCUT2D eigenvalue weighted by Crippen LogP contribution is 2.23. The van der Waals surface area contributed by atoms with Crippen LogP contribution in [0.2, 0.25) is 10.0 Å². The van der Waals surface area contributed by atoms with Crippen LogP contribution in [0.15, 0.2) is 18.2 Å². The van der Waals surface area contributed by atoms with Gasteiger partial charge in [-0.15, -0.1) is 12.4 Å². The normalized spacial score (nSPS) is 15.2. The maximum atomic E-state index is 11.1. The lowest BCUT2D eigenvalue weighted by atomic mass is 9.97. The maximum Gasteiger partial charge on any atom is 0.216 e. The molecule has 1 aromatic carbocycles. The van der Waals surface area contributed by atoms with Gasteiger partial charge in [0.1, 0.15) is 0 Å². The third-order valence-corrected chi connectivity index (χ3v) is 4.77. The second-order valence-electron chi connectivity index (χ2n) is 6.15. The minimum Gasteiger partial charge on any atom is -0.355 e. The van der Waals surface area contributed by atoms with Gasteiger partial charge in [-0.25, -0.2) is 0 Å². The first-order valence-corrected chi connectivity index (χ1v) is 8.91. The standard InChI is InChI=1S/C17H25Cl2N3O.ClH/c1-13(23)21-8-9-22(11-14-4-6-20-7-5-14)12-15-2-3-16(18)10-17(15)19;/h2-3,10,14,20H,4-9,11-12H2,1H3,(H,21,23);1H. The molecule has 0 aromatic heterocycles. The smallest absolute Gasteiger partial charge is 0.216 e. The number of halogens is 3. The lowest BCUT2D eigenvalue weighted by Crippen LogP contribution is -2.39. The van der Waals surface area contributed by atoms with Gasteiger partial charge in [0, 0.05) is 43.1 Å². The molecule has 1 aliphatic rings.